The third-order valence-corrected chi connectivity index (χ3v) is 3.87. The Morgan fingerprint density at radius 3 is 2.81 bits per heavy atom. The lowest BCUT2D eigenvalue weighted by atomic mass is 10.1. The van der Waals surface area contributed by atoms with Crippen molar-refractivity contribution in [1.29, 1.82) is 0 Å². The van der Waals surface area contributed by atoms with Crippen LogP contribution in [0.1, 0.15) is 39.3 Å². The minimum absolute atomic E-state index is 0.445. The lowest BCUT2D eigenvalue weighted by Gasteiger charge is -2.33. The van der Waals surface area contributed by atoms with Crippen molar-refractivity contribution < 1.29 is 4.74 Å². The van der Waals surface area contributed by atoms with Gasteiger partial charge in [-0.2, -0.15) is 0 Å². The van der Waals surface area contributed by atoms with Crippen molar-refractivity contribution in [2.24, 2.45) is 5.92 Å². The van der Waals surface area contributed by atoms with Crippen LogP contribution in [-0.2, 0) is 11.3 Å². The number of anilines is 1. The lowest BCUT2D eigenvalue weighted by Crippen LogP contribution is -2.37. The van der Waals surface area contributed by atoms with Gasteiger partial charge in [0.05, 0.1) is 11.8 Å². The van der Waals surface area contributed by atoms with Crippen molar-refractivity contribution >= 4 is 5.69 Å². The number of piperidine rings is 1. The number of rotatable bonds is 7. The fraction of sp³-hybridized carbons (Fsp3) is 0.706. The molecule has 1 aromatic heterocycles. The quantitative estimate of drug-likeness (QED) is 0.838. The van der Waals surface area contributed by atoms with E-state index in [2.05, 4.69) is 48.1 Å². The van der Waals surface area contributed by atoms with Crippen molar-refractivity contribution in [2.45, 2.75) is 46.3 Å². The highest BCUT2D eigenvalue weighted by atomic mass is 16.5. The monoisotopic (exact) mass is 291 g/mol. The van der Waals surface area contributed by atoms with E-state index in [1.54, 1.807) is 0 Å². The van der Waals surface area contributed by atoms with Gasteiger partial charge in [0, 0.05) is 38.1 Å². The summed E-state index contributed by atoms with van der Waals surface area (Å²) >= 11 is 0. The van der Waals surface area contributed by atoms with Crippen LogP contribution in [0.15, 0.2) is 18.3 Å². The second-order valence-electron chi connectivity index (χ2n) is 6.17. The van der Waals surface area contributed by atoms with Gasteiger partial charge in [-0.15, -0.1) is 0 Å². The molecule has 4 nitrogen and oxygen atoms in total. The van der Waals surface area contributed by atoms with Gasteiger partial charge in [-0.05, 0) is 44.4 Å². The smallest absolute Gasteiger partial charge is 0.0608 e. The molecule has 0 amide bonds. The van der Waals surface area contributed by atoms with Crippen LogP contribution >= 0.6 is 0 Å². The molecule has 0 bridgehead atoms. The van der Waals surface area contributed by atoms with E-state index in [4.69, 9.17) is 4.74 Å². The van der Waals surface area contributed by atoms with Gasteiger partial charge in [0.15, 0.2) is 0 Å². The van der Waals surface area contributed by atoms with E-state index < -0.39 is 0 Å². The Morgan fingerprint density at radius 1 is 1.38 bits per heavy atom. The molecule has 1 N–H and O–H groups in total. The standard InChI is InChI=1S/C17H29N3O/c1-4-21-17-6-9-20(10-7-17)16-5-8-19-15(11-16)13-18-12-14(2)3/h5,8,11,14,17-18H,4,6-7,9-10,12-13H2,1-3H3. The normalized spacial score (nSPS) is 16.7. The van der Waals surface area contributed by atoms with Crippen molar-refractivity contribution in [3.05, 3.63) is 24.0 Å². The molecule has 2 heterocycles. The first kappa shape index (κ1) is 16.2. The first-order valence-corrected chi connectivity index (χ1v) is 8.21. The SMILES string of the molecule is CCOC1CCN(c2ccnc(CNCC(C)C)c2)CC1. The minimum Gasteiger partial charge on any atom is -0.378 e. The molecule has 21 heavy (non-hydrogen) atoms. The van der Waals surface area contributed by atoms with Crippen molar-refractivity contribution in [3.8, 4) is 0 Å². The first-order valence-electron chi connectivity index (χ1n) is 8.21. The van der Waals surface area contributed by atoms with E-state index in [9.17, 15) is 0 Å². The van der Waals surface area contributed by atoms with E-state index in [0.29, 0.717) is 12.0 Å². The highest BCUT2D eigenvalue weighted by molar-refractivity contribution is 5.46. The maximum absolute atomic E-state index is 5.72. The summed E-state index contributed by atoms with van der Waals surface area (Å²) in [5.74, 6) is 0.672. The molecule has 0 saturated carbocycles. The molecule has 1 fully saturated rings. The van der Waals surface area contributed by atoms with Gasteiger partial charge in [0.1, 0.15) is 0 Å². The Morgan fingerprint density at radius 2 is 2.14 bits per heavy atom. The zero-order valence-electron chi connectivity index (χ0n) is 13.6. The largest absolute Gasteiger partial charge is 0.378 e. The molecule has 0 spiro atoms. The molecule has 1 aliphatic heterocycles. The summed E-state index contributed by atoms with van der Waals surface area (Å²) < 4.78 is 5.72. The number of ether oxygens (including phenoxy) is 1. The fourth-order valence-electron chi connectivity index (χ4n) is 2.76. The summed E-state index contributed by atoms with van der Waals surface area (Å²) in [6.07, 6.45) is 4.62. The average molecular weight is 291 g/mol. The van der Waals surface area contributed by atoms with Gasteiger partial charge >= 0.3 is 0 Å². The van der Waals surface area contributed by atoms with Crippen molar-refractivity contribution in [3.63, 3.8) is 0 Å². The van der Waals surface area contributed by atoms with Crippen LogP contribution in [0.2, 0.25) is 0 Å². The van der Waals surface area contributed by atoms with E-state index in [-0.39, 0.29) is 0 Å². The molecule has 118 valence electrons. The highest BCUT2D eigenvalue weighted by Crippen LogP contribution is 2.21. The van der Waals surface area contributed by atoms with Gasteiger partial charge in [0.2, 0.25) is 0 Å². The third kappa shape index (κ3) is 5.29. The van der Waals surface area contributed by atoms with E-state index in [1.165, 1.54) is 5.69 Å². The molecule has 0 unspecified atom stereocenters. The third-order valence-electron chi connectivity index (χ3n) is 3.87. The average Bonchev–Trinajstić information content (AvgIpc) is 2.48. The van der Waals surface area contributed by atoms with Gasteiger partial charge in [-0.1, -0.05) is 13.8 Å². The topological polar surface area (TPSA) is 37.4 Å². The number of hydrogen-bond acceptors (Lipinski definition) is 4. The maximum atomic E-state index is 5.72. The maximum Gasteiger partial charge on any atom is 0.0608 e. The molecule has 4 heteroatoms. The van der Waals surface area contributed by atoms with Crippen LogP contribution < -0.4 is 10.2 Å². The Balaban J connectivity index is 1.86. The van der Waals surface area contributed by atoms with Crippen LogP contribution in [-0.4, -0.2) is 37.3 Å². The van der Waals surface area contributed by atoms with E-state index in [0.717, 1.165) is 51.3 Å². The first-order chi connectivity index (χ1) is 10.2. The number of aromatic nitrogens is 1. The Kier molecular flexibility index (Phi) is 6.46. The number of pyridine rings is 1. The minimum atomic E-state index is 0.445. The number of nitrogens with zero attached hydrogens (tertiary/aromatic N) is 2. The predicted octanol–water partition coefficient (Wildman–Crippen LogP) is 2.83. The summed E-state index contributed by atoms with van der Waals surface area (Å²) in [6, 6.07) is 4.33. The second-order valence-corrected chi connectivity index (χ2v) is 6.17. The van der Waals surface area contributed by atoms with Crippen LogP contribution in [0.25, 0.3) is 0 Å². The molecule has 0 atom stereocenters. The summed E-state index contributed by atoms with van der Waals surface area (Å²) in [5, 5.41) is 3.45. The Hall–Kier alpha value is -1.13. The molecular formula is C17H29N3O. The molecule has 1 aromatic rings. The zero-order valence-corrected chi connectivity index (χ0v) is 13.6. The summed E-state index contributed by atoms with van der Waals surface area (Å²) in [5.41, 5.74) is 2.42. The second kappa shape index (κ2) is 8.35. The molecule has 0 aliphatic carbocycles. The van der Waals surface area contributed by atoms with Crippen LogP contribution in [0, 0.1) is 5.92 Å². The predicted molar refractivity (Wildman–Crippen MR) is 87.6 cm³/mol. The molecule has 2 rings (SSSR count). The number of nitrogens with one attached hydrogen (secondary N) is 1. The molecule has 0 aromatic carbocycles. The number of hydrogen-bond donors (Lipinski definition) is 1. The zero-order chi connectivity index (χ0) is 15.1. The van der Waals surface area contributed by atoms with Gasteiger partial charge in [-0.3, -0.25) is 4.98 Å². The molecule has 1 aliphatic rings. The van der Waals surface area contributed by atoms with Gasteiger partial charge in [0.25, 0.3) is 0 Å². The van der Waals surface area contributed by atoms with E-state index >= 15 is 0 Å². The summed E-state index contributed by atoms with van der Waals surface area (Å²) in [7, 11) is 0. The van der Waals surface area contributed by atoms with Gasteiger partial charge in [-0.25, -0.2) is 0 Å². The molecular weight excluding hydrogens is 262 g/mol. The highest BCUT2D eigenvalue weighted by Gasteiger charge is 2.19. The van der Waals surface area contributed by atoms with Crippen molar-refractivity contribution in [1.82, 2.24) is 10.3 Å². The molecule has 0 radical (unpaired) electrons. The lowest BCUT2D eigenvalue weighted by molar-refractivity contribution is 0.0459. The summed E-state index contributed by atoms with van der Waals surface area (Å²) in [6.45, 7) is 11.4. The Labute approximate surface area is 128 Å². The molecule has 1 saturated heterocycles. The van der Waals surface area contributed by atoms with Crippen molar-refractivity contribution in [2.75, 3.05) is 31.1 Å². The van der Waals surface area contributed by atoms with Gasteiger partial charge < -0.3 is 15.0 Å². The Bertz CT molecular complexity index is 414. The fourth-order valence-corrected chi connectivity index (χ4v) is 2.76. The van der Waals surface area contributed by atoms with Crippen LogP contribution in [0.4, 0.5) is 5.69 Å². The van der Waals surface area contributed by atoms with E-state index in [1.807, 2.05) is 6.20 Å². The summed E-state index contributed by atoms with van der Waals surface area (Å²) in [4.78, 5) is 6.91. The van der Waals surface area contributed by atoms with Crippen LogP contribution in [0.5, 0.6) is 0 Å². The van der Waals surface area contributed by atoms with Crippen LogP contribution in [0.3, 0.4) is 0 Å².